The number of nitrogens with zero attached hydrogens (tertiary/aromatic N) is 2. The van der Waals surface area contributed by atoms with Crippen LogP contribution in [0.15, 0.2) is 35.2 Å². The van der Waals surface area contributed by atoms with Crippen molar-refractivity contribution < 1.29 is 13.7 Å². The summed E-state index contributed by atoms with van der Waals surface area (Å²) in [4.78, 5) is 0. The van der Waals surface area contributed by atoms with Gasteiger partial charge in [0.1, 0.15) is 18.6 Å². The highest BCUT2D eigenvalue weighted by atomic mass is 19.1. The topological polar surface area (TPSA) is 63.9 Å². The van der Waals surface area contributed by atoms with E-state index < -0.39 is 5.82 Å². The lowest BCUT2D eigenvalue weighted by atomic mass is 10.2. The van der Waals surface area contributed by atoms with Crippen molar-refractivity contribution in [3.05, 3.63) is 42.2 Å². The first-order valence-corrected chi connectivity index (χ1v) is 4.97. The molecule has 0 fully saturated rings. The zero-order valence-electron chi connectivity index (χ0n) is 8.68. The van der Waals surface area contributed by atoms with E-state index in [4.69, 9.17) is 4.74 Å². The van der Waals surface area contributed by atoms with E-state index in [-0.39, 0.29) is 12.4 Å². The molecule has 6 heteroatoms. The van der Waals surface area contributed by atoms with E-state index in [1.54, 1.807) is 18.3 Å². The van der Waals surface area contributed by atoms with Crippen molar-refractivity contribution in [2.24, 2.45) is 0 Å². The second-order valence-corrected chi connectivity index (χ2v) is 3.52. The van der Waals surface area contributed by atoms with Gasteiger partial charge in [0.25, 0.3) is 0 Å². The summed E-state index contributed by atoms with van der Waals surface area (Å²) in [6, 6.07) is 4.60. The van der Waals surface area contributed by atoms with E-state index in [1.165, 1.54) is 12.3 Å². The van der Waals surface area contributed by atoms with Gasteiger partial charge in [-0.05, 0) is 6.07 Å². The molecule has 2 heterocycles. The monoisotopic (exact) mass is 233 g/mol. The van der Waals surface area contributed by atoms with E-state index in [1.807, 2.05) is 0 Å². The fourth-order valence-electron chi connectivity index (χ4n) is 1.52. The Labute approximate surface area is 95.2 Å². The van der Waals surface area contributed by atoms with Crippen LogP contribution in [0.2, 0.25) is 0 Å². The van der Waals surface area contributed by atoms with Crippen LogP contribution in [0.3, 0.4) is 0 Å². The van der Waals surface area contributed by atoms with Crippen molar-refractivity contribution in [1.82, 2.24) is 15.4 Å². The maximum atomic E-state index is 13.6. The summed E-state index contributed by atoms with van der Waals surface area (Å²) in [5.41, 5.74) is 1.33. The molecule has 0 amide bonds. The Balaban J connectivity index is 1.86. The average Bonchev–Trinajstić information content (AvgIpc) is 2.95. The lowest BCUT2D eigenvalue weighted by molar-refractivity contribution is 0.276. The summed E-state index contributed by atoms with van der Waals surface area (Å²) < 4.78 is 23.6. The van der Waals surface area contributed by atoms with Gasteiger partial charge in [0.05, 0.1) is 11.7 Å². The summed E-state index contributed by atoms with van der Waals surface area (Å²) in [6.45, 7) is 0.160. The maximum absolute atomic E-state index is 13.6. The number of fused-ring (bicyclic) bond motifs is 1. The molecule has 17 heavy (non-hydrogen) atoms. The third kappa shape index (κ3) is 1.84. The second kappa shape index (κ2) is 3.89. The van der Waals surface area contributed by atoms with Crippen molar-refractivity contribution in [2.75, 3.05) is 0 Å². The largest absolute Gasteiger partial charge is 0.484 e. The third-order valence-electron chi connectivity index (χ3n) is 2.36. The Morgan fingerprint density at radius 2 is 2.35 bits per heavy atom. The van der Waals surface area contributed by atoms with E-state index in [9.17, 15) is 4.39 Å². The molecule has 3 rings (SSSR count). The molecule has 0 unspecified atom stereocenters. The number of rotatable bonds is 3. The average molecular weight is 233 g/mol. The van der Waals surface area contributed by atoms with Crippen molar-refractivity contribution in [2.45, 2.75) is 6.61 Å². The summed E-state index contributed by atoms with van der Waals surface area (Å²) in [5, 5.41) is 10.9. The molecule has 5 nitrogen and oxygen atoms in total. The molecule has 0 radical (unpaired) electrons. The Bertz CT molecular complexity index is 633. The maximum Gasteiger partial charge on any atom is 0.165 e. The molecule has 1 aromatic carbocycles. The van der Waals surface area contributed by atoms with Crippen LogP contribution in [0.1, 0.15) is 5.69 Å². The fourth-order valence-corrected chi connectivity index (χ4v) is 1.52. The molecule has 1 N–H and O–H groups in total. The molecule has 0 aliphatic heterocycles. The number of aromatic nitrogens is 3. The molecule has 0 aliphatic rings. The van der Waals surface area contributed by atoms with Crippen LogP contribution in [0.4, 0.5) is 4.39 Å². The third-order valence-corrected chi connectivity index (χ3v) is 2.36. The number of halogens is 1. The quantitative estimate of drug-likeness (QED) is 0.753. The molecule has 0 spiro atoms. The highest BCUT2D eigenvalue weighted by molar-refractivity contribution is 5.79. The van der Waals surface area contributed by atoms with Gasteiger partial charge >= 0.3 is 0 Å². The predicted octanol–water partition coefficient (Wildman–Crippen LogP) is 2.27. The van der Waals surface area contributed by atoms with Gasteiger partial charge in [-0.3, -0.25) is 5.10 Å². The summed E-state index contributed by atoms with van der Waals surface area (Å²) in [6.07, 6.45) is 2.99. The van der Waals surface area contributed by atoms with Crippen molar-refractivity contribution >= 4 is 10.9 Å². The van der Waals surface area contributed by atoms with Gasteiger partial charge in [0.2, 0.25) is 0 Å². The first-order valence-electron chi connectivity index (χ1n) is 4.97. The molecule has 3 aromatic rings. The highest BCUT2D eigenvalue weighted by Gasteiger charge is 2.08. The minimum atomic E-state index is -0.428. The van der Waals surface area contributed by atoms with E-state index in [0.29, 0.717) is 11.1 Å². The minimum absolute atomic E-state index is 0.157. The predicted molar refractivity (Wildman–Crippen MR) is 56.9 cm³/mol. The van der Waals surface area contributed by atoms with Gasteiger partial charge in [-0.2, -0.15) is 5.10 Å². The standard InChI is InChI=1S/C11H8FN3O2/c12-9-3-7-5-13-14-10(7)4-11(9)16-6-8-1-2-17-15-8/h1-5H,6H2,(H,13,14). The van der Waals surface area contributed by atoms with Crippen LogP contribution in [0.5, 0.6) is 5.75 Å². The van der Waals surface area contributed by atoms with Gasteiger partial charge < -0.3 is 9.26 Å². The zero-order chi connectivity index (χ0) is 11.7. The van der Waals surface area contributed by atoms with Gasteiger partial charge in [-0.15, -0.1) is 0 Å². The number of nitrogens with one attached hydrogen (secondary N) is 1. The van der Waals surface area contributed by atoms with Gasteiger partial charge in [-0.1, -0.05) is 5.16 Å². The van der Waals surface area contributed by atoms with Crippen LogP contribution in [0, 0.1) is 5.82 Å². The first-order chi connectivity index (χ1) is 8.33. The fraction of sp³-hybridized carbons (Fsp3) is 0.0909. The second-order valence-electron chi connectivity index (χ2n) is 3.52. The highest BCUT2D eigenvalue weighted by Crippen LogP contribution is 2.23. The van der Waals surface area contributed by atoms with Crippen LogP contribution in [-0.4, -0.2) is 15.4 Å². The Morgan fingerprint density at radius 1 is 1.41 bits per heavy atom. The lowest BCUT2D eigenvalue weighted by Crippen LogP contribution is -1.97. The van der Waals surface area contributed by atoms with Gasteiger partial charge in [-0.25, -0.2) is 4.39 Å². The molecular formula is C11H8FN3O2. The van der Waals surface area contributed by atoms with Crippen LogP contribution >= 0.6 is 0 Å². The molecule has 0 saturated heterocycles. The van der Waals surface area contributed by atoms with Crippen LogP contribution in [-0.2, 0) is 6.61 Å². The Kier molecular flexibility index (Phi) is 2.25. The zero-order valence-corrected chi connectivity index (χ0v) is 8.68. The lowest BCUT2D eigenvalue weighted by Gasteiger charge is -2.05. The Hall–Kier alpha value is -2.37. The number of aromatic amines is 1. The van der Waals surface area contributed by atoms with Crippen LogP contribution in [0.25, 0.3) is 10.9 Å². The van der Waals surface area contributed by atoms with Crippen molar-refractivity contribution in [3.8, 4) is 5.75 Å². The molecular weight excluding hydrogens is 225 g/mol. The number of hydrogen-bond acceptors (Lipinski definition) is 4. The summed E-state index contributed by atoms with van der Waals surface area (Å²) >= 11 is 0. The van der Waals surface area contributed by atoms with Gasteiger partial charge in [0.15, 0.2) is 11.6 Å². The smallest absolute Gasteiger partial charge is 0.165 e. The summed E-state index contributed by atoms with van der Waals surface area (Å²) in [7, 11) is 0. The minimum Gasteiger partial charge on any atom is -0.484 e. The van der Waals surface area contributed by atoms with Gasteiger partial charge in [0, 0.05) is 17.5 Å². The number of hydrogen-bond donors (Lipinski definition) is 1. The van der Waals surface area contributed by atoms with Crippen LogP contribution < -0.4 is 4.74 Å². The van der Waals surface area contributed by atoms with E-state index in [2.05, 4.69) is 19.9 Å². The molecule has 0 atom stereocenters. The molecule has 2 aromatic heterocycles. The van der Waals surface area contributed by atoms with Crippen molar-refractivity contribution in [3.63, 3.8) is 0 Å². The Morgan fingerprint density at radius 3 is 3.18 bits per heavy atom. The summed E-state index contributed by atoms with van der Waals surface area (Å²) in [5.74, 6) is -0.271. The normalized spacial score (nSPS) is 10.9. The molecule has 0 aliphatic carbocycles. The molecule has 0 bridgehead atoms. The number of H-pyrrole nitrogens is 1. The number of benzene rings is 1. The van der Waals surface area contributed by atoms with E-state index >= 15 is 0 Å². The van der Waals surface area contributed by atoms with E-state index in [0.717, 1.165) is 5.52 Å². The van der Waals surface area contributed by atoms with Crippen molar-refractivity contribution in [1.29, 1.82) is 0 Å². The first kappa shape index (κ1) is 9.83. The molecule has 86 valence electrons. The number of ether oxygens (including phenoxy) is 1. The molecule has 0 saturated carbocycles. The SMILES string of the molecule is Fc1cc2cn[nH]c2cc1OCc1ccon1.